The third-order valence-corrected chi connectivity index (χ3v) is 4.13. The fourth-order valence-electron chi connectivity index (χ4n) is 2.88. The molecule has 1 N–H and O–H groups in total. The van der Waals surface area contributed by atoms with Gasteiger partial charge in [0.05, 0.1) is 0 Å². The highest BCUT2D eigenvalue weighted by Gasteiger charge is 2.21. The van der Waals surface area contributed by atoms with Crippen molar-refractivity contribution in [1.29, 1.82) is 0 Å². The van der Waals surface area contributed by atoms with Crippen molar-refractivity contribution < 1.29 is 0 Å². The van der Waals surface area contributed by atoms with Gasteiger partial charge in [-0.25, -0.2) is 0 Å². The minimum atomic E-state index is 0.202. The monoisotopic (exact) mass is 260 g/mol. The van der Waals surface area contributed by atoms with Gasteiger partial charge in [-0.3, -0.25) is 0 Å². The van der Waals surface area contributed by atoms with Crippen LogP contribution < -0.4 is 5.32 Å². The number of nitrogens with zero attached hydrogens (tertiary/aromatic N) is 1. The lowest BCUT2D eigenvalue weighted by Gasteiger charge is -2.33. The molecule has 2 nitrogen and oxygen atoms in total. The average molecular weight is 260 g/mol. The summed E-state index contributed by atoms with van der Waals surface area (Å²) in [4.78, 5) is 2.54. The summed E-state index contributed by atoms with van der Waals surface area (Å²) < 4.78 is 0. The number of hydrogen-bond donors (Lipinski definition) is 1. The van der Waals surface area contributed by atoms with E-state index in [-0.39, 0.29) is 5.41 Å². The first-order valence-corrected chi connectivity index (χ1v) is 7.59. The second kappa shape index (κ2) is 5.96. The molecule has 1 aromatic carbocycles. The number of piperidine rings is 1. The highest BCUT2D eigenvalue weighted by Crippen LogP contribution is 2.30. The molecule has 0 aliphatic carbocycles. The Kier molecular flexibility index (Phi) is 4.51. The second-order valence-electron chi connectivity index (χ2n) is 6.65. The van der Waals surface area contributed by atoms with Crippen LogP contribution in [0.5, 0.6) is 0 Å². The Morgan fingerprint density at radius 3 is 2.37 bits per heavy atom. The summed E-state index contributed by atoms with van der Waals surface area (Å²) in [7, 11) is 0. The smallest absolute Gasteiger partial charge is 0.0380 e. The Hall–Kier alpha value is -1.02. The Morgan fingerprint density at radius 2 is 1.79 bits per heavy atom. The molecular formula is C17H28N2. The van der Waals surface area contributed by atoms with Crippen molar-refractivity contribution in [3.8, 4) is 0 Å². The number of nitrogens with one attached hydrogen (secondary N) is 1. The van der Waals surface area contributed by atoms with Crippen molar-refractivity contribution in [1.82, 2.24) is 4.90 Å². The van der Waals surface area contributed by atoms with Crippen LogP contribution in [0.15, 0.2) is 24.3 Å². The molecule has 1 aromatic rings. The van der Waals surface area contributed by atoms with Crippen molar-refractivity contribution in [2.75, 3.05) is 25.0 Å². The summed E-state index contributed by atoms with van der Waals surface area (Å²) in [5.74, 6) is 0. The van der Waals surface area contributed by atoms with Gasteiger partial charge in [0.2, 0.25) is 0 Å². The number of rotatable bonds is 3. The predicted octanol–water partition coefficient (Wildman–Crippen LogP) is 3.88. The largest absolute Gasteiger partial charge is 0.382 e. The van der Waals surface area contributed by atoms with E-state index in [9.17, 15) is 0 Å². The molecule has 0 unspecified atom stereocenters. The Balaban J connectivity index is 2.04. The Labute approximate surface area is 118 Å². The molecule has 0 spiro atoms. The zero-order chi connectivity index (χ0) is 13.9. The molecule has 0 aromatic heterocycles. The van der Waals surface area contributed by atoms with Crippen LogP contribution in [-0.4, -0.2) is 30.6 Å². The highest BCUT2D eigenvalue weighted by atomic mass is 15.1. The van der Waals surface area contributed by atoms with E-state index in [0.717, 1.165) is 0 Å². The first-order valence-electron chi connectivity index (χ1n) is 7.59. The van der Waals surface area contributed by atoms with Gasteiger partial charge in [-0.1, -0.05) is 45.9 Å². The van der Waals surface area contributed by atoms with Gasteiger partial charge < -0.3 is 10.2 Å². The van der Waals surface area contributed by atoms with Crippen LogP contribution in [-0.2, 0) is 5.41 Å². The van der Waals surface area contributed by atoms with Crippen molar-refractivity contribution >= 4 is 5.69 Å². The normalized spacial score (nSPS) is 18.5. The van der Waals surface area contributed by atoms with Crippen LogP contribution in [0, 0.1) is 0 Å². The summed E-state index contributed by atoms with van der Waals surface area (Å²) in [5.41, 5.74) is 2.95. The lowest BCUT2D eigenvalue weighted by atomic mass is 9.85. The van der Waals surface area contributed by atoms with E-state index >= 15 is 0 Å². The van der Waals surface area contributed by atoms with Gasteiger partial charge in [0.1, 0.15) is 0 Å². The second-order valence-corrected chi connectivity index (χ2v) is 6.65. The summed E-state index contributed by atoms with van der Waals surface area (Å²) in [5, 5.41) is 3.77. The number of anilines is 1. The van der Waals surface area contributed by atoms with Gasteiger partial charge in [0.15, 0.2) is 0 Å². The molecule has 0 amide bonds. The zero-order valence-electron chi connectivity index (χ0n) is 12.9. The minimum absolute atomic E-state index is 0.202. The number of para-hydroxylation sites is 1. The molecule has 19 heavy (non-hydrogen) atoms. The van der Waals surface area contributed by atoms with E-state index in [4.69, 9.17) is 0 Å². The van der Waals surface area contributed by atoms with Crippen LogP contribution >= 0.6 is 0 Å². The van der Waals surface area contributed by atoms with Crippen LogP contribution in [0.25, 0.3) is 0 Å². The van der Waals surface area contributed by atoms with Gasteiger partial charge in [-0.15, -0.1) is 0 Å². The molecule has 1 saturated heterocycles. The molecule has 1 aliphatic heterocycles. The zero-order valence-corrected chi connectivity index (χ0v) is 12.9. The van der Waals surface area contributed by atoms with Crippen LogP contribution in [0.4, 0.5) is 5.69 Å². The lowest BCUT2D eigenvalue weighted by molar-refractivity contribution is 0.229. The van der Waals surface area contributed by atoms with Crippen molar-refractivity contribution in [2.24, 2.45) is 0 Å². The standard InChI is InChI=1S/C17H28N2/c1-5-19-12-10-14(11-13-19)18-16-9-7-6-8-15(16)17(2,3)4/h6-9,14,18H,5,10-13H2,1-4H3. The van der Waals surface area contributed by atoms with Gasteiger partial charge in [0, 0.05) is 24.8 Å². The quantitative estimate of drug-likeness (QED) is 0.887. The Bertz CT molecular complexity index is 398. The fraction of sp³-hybridized carbons (Fsp3) is 0.647. The van der Waals surface area contributed by atoms with Gasteiger partial charge in [-0.05, 0) is 36.4 Å². The molecule has 106 valence electrons. The number of benzene rings is 1. The van der Waals surface area contributed by atoms with E-state index in [2.05, 4.69) is 62.2 Å². The molecule has 0 saturated carbocycles. The minimum Gasteiger partial charge on any atom is -0.382 e. The molecule has 1 aliphatic rings. The van der Waals surface area contributed by atoms with Crippen LogP contribution in [0.1, 0.15) is 46.1 Å². The maximum atomic E-state index is 3.77. The topological polar surface area (TPSA) is 15.3 Å². The first-order chi connectivity index (χ1) is 9.00. The van der Waals surface area contributed by atoms with Crippen molar-refractivity contribution in [2.45, 2.75) is 52.0 Å². The molecule has 2 heteroatoms. The summed E-state index contributed by atoms with van der Waals surface area (Å²) in [6.45, 7) is 12.7. The number of hydrogen-bond acceptors (Lipinski definition) is 2. The first kappa shape index (κ1) is 14.4. The van der Waals surface area contributed by atoms with E-state index in [1.165, 1.54) is 43.7 Å². The van der Waals surface area contributed by atoms with Crippen LogP contribution in [0.3, 0.4) is 0 Å². The average Bonchev–Trinajstić information content (AvgIpc) is 2.39. The van der Waals surface area contributed by atoms with Crippen molar-refractivity contribution in [3.05, 3.63) is 29.8 Å². The highest BCUT2D eigenvalue weighted by molar-refractivity contribution is 5.54. The SMILES string of the molecule is CCN1CCC(Nc2ccccc2C(C)(C)C)CC1. The molecule has 0 radical (unpaired) electrons. The van der Waals surface area contributed by atoms with E-state index < -0.39 is 0 Å². The summed E-state index contributed by atoms with van der Waals surface area (Å²) in [6.07, 6.45) is 2.51. The maximum Gasteiger partial charge on any atom is 0.0380 e. The fourth-order valence-corrected chi connectivity index (χ4v) is 2.88. The third kappa shape index (κ3) is 3.73. The molecule has 0 bridgehead atoms. The molecule has 2 rings (SSSR count). The van der Waals surface area contributed by atoms with Gasteiger partial charge in [0.25, 0.3) is 0 Å². The third-order valence-electron chi connectivity index (χ3n) is 4.13. The van der Waals surface area contributed by atoms with Gasteiger partial charge in [-0.2, -0.15) is 0 Å². The summed E-state index contributed by atoms with van der Waals surface area (Å²) in [6, 6.07) is 9.40. The molecule has 1 heterocycles. The molecule has 0 atom stereocenters. The summed E-state index contributed by atoms with van der Waals surface area (Å²) >= 11 is 0. The van der Waals surface area contributed by atoms with E-state index in [0.29, 0.717) is 6.04 Å². The van der Waals surface area contributed by atoms with Gasteiger partial charge >= 0.3 is 0 Å². The predicted molar refractivity (Wildman–Crippen MR) is 83.9 cm³/mol. The van der Waals surface area contributed by atoms with E-state index in [1.54, 1.807) is 0 Å². The molecule has 1 fully saturated rings. The van der Waals surface area contributed by atoms with Crippen molar-refractivity contribution in [3.63, 3.8) is 0 Å². The lowest BCUT2D eigenvalue weighted by Crippen LogP contribution is -2.39. The molecular weight excluding hydrogens is 232 g/mol. The Morgan fingerprint density at radius 1 is 1.16 bits per heavy atom. The van der Waals surface area contributed by atoms with E-state index in [1.807, 2.05) is 0 Å². The van der Waals surface area contributed by atoms with Crippen LogP contribution in [0.2, 0.25) is 0 Å². The maximum absolute atomic E-state index is 3.77. The number of likely N-dealkylation sites (tertiary alicyclic amines) is 1.